The van der Waals surface area contributed by atoms with Gasteiger partial charge in [-0.25, -0.2) is 4.79 Å². The molecule has 0 amide bonds. The van der Waals surface area contributed by atoms with E-state index in [1.165, 1.54) is 0 Å². The highest BCUT2D eigenvalue weighted by atomic mass is 16.7. The maximum Gasteiger partial charge on any atom is 0.335 e. The zero-order chi connectivity index (χ0) is 16.9. The second kappa shape index (κ2) is 8.08. The van der Waals surface area contributed by atoms with Crippen molar-refractivity contribution in [3.05, 3.63) is 27.2 Å². The Bertz CT molecular complexity index is 577. The molecule has 6 nitrogen and oxygen atoms in total. The van der Waals surface area contributed by atoms with E-state index in [1.807, 2.05) is 39.8 Å². The van der Waals surface area contributed by atoms with Gasteiger partial charge in [-0.1, -0.05) is 13.8 Å². The van der Waals surface area contributed by atoms with E-state index < -0.39 is 5.97 Å². The maximum absolute atomic E-state index is 12.2. The summed E-state index contributed by atoms with van der Waals surface area (Å²) in [6, 6.07) is 0. The summed E-state index contributed by atoms with van der Waals surface area (Å²) in [6.45, 7) is 8.49. The van der Waals surface area contributed by atoms with Gasteiger partial charge in [0.2, 0.25) is 0 Å². The van der Waals surface area contributed by atoms with Gasteiger partial charge >= 0.3 is 11.5 Å². The van der Waals surface area contributed by atoms with E-state index >= 15 is 0 Å². The smallest absolute Gasteiger partial charge is 0.316 e. The molecule has 1 aromatic heterocycles. The lowest BCUT2D eigenvalue weighted by atomic mass is 10.1. The summed E-state index contributed by atoms with van der Waals surface area (Å²) in [5.74, 6) is -0.0160. The predicted octanol–water partition coefficient (Wildman–Crippen LogP) is 1.36. The molecule has 0 aromatic carbocycles. The molecule has 0 bridgehead atoms. The number of nitrogens with zero attached hydrogens (tertiary/aromatic N) is 3. The molecule has 124 valence electrons. The lowest BCUT2D eigenvalue weighted by Crippen LogP contribution is -2.36. The van der Waals surface area contributed by atoms with Crippen molar-refractivity contribution in [3.63, 3.8) is 0 Å². The molecule has 0 aliphatic carbocycles. The van der Waals surface area contributed by atoms with Crippen LogP contribution in [0.3, 0.4) is 0 Å². The second-order valence-corrected chi connectivity index (χ2v) is 6.32. The average molecular weight is 309 g/mol. The molecule has 0 atom stereocenters. The van der Waals surface area contributed by atoms with Gasteiger partial charge in [-0.2, -0.15) is 0 Å². The molecule has 1 heterocycles. The molecule has 0 aliphatic rings. The van der Waals surface area contributed by atoms with E-state index in [0.717, 1.165) is 29.1 Å². The Morgan fingerprint density at radius 1 is 1.27 bits per heavy atom. The number of likely N-dealkylation sites (N-methyl/N-ethyl adjacent to an activating group) is 1. The van der Waals surface area contributed by atoms with Crippen molar-refractivity contribution in [2.45, 2.75) is 47.0 Å². The van der Waals surface area contributed by atoms with Gasteiger partial charge in [-0.05, 0) is 50.7 Å². The Labute approximate surface area is 132 Å². The van der Waals surface area contributed by atoms with Crippen molar-refractivity contribution in [2.75, 3.05) is 20.6 Å². The van der Waals surface area contributed by atoms with Gasteiger partial charge in [-0.15, -0.1) is 5.10 Å². The van der Waals surface area contributed by atoms with E-state index in [2.05, 4.69) is 5.10 Å². The van der Waals surface area contributed by atoms with Gasteiger partial charge in [0.15, 0.2) is 0 Å². The van der Waals surface area contributed by atoms with Crippen LogP contribution in [-0.2, 0) is 11.2 Å². The third-order valence-corrected chi connectivity index (χ3v) is 3.61. The first kappa shape index (κ1) is 18.4. The summed E-state index contributed by atoms with van der Waals surface area (Å²) in [5.41, 5.74) is 1.84. The van der Waals surface area contributed by atoms with Gasteiger partial charge in [0, 0.05) is 24.9 Å². The number of rotatable bonds is 7. The highest BCUT2D eigenvalue weighted by Crippen LogP contribution is 2.08. The standard InChI is InChI=1S/C16H27N3O3/c1-11(2)7-8-15(20)22-19-16(21)13(4)12(3)14(17-19)9-10-18(5)6/h11H,7-10H2,1-6H3. The van der Waals surface area contributed by atoms with Crippen LogP contribution in [-0.4, -0.2) is 41.5 Å². The molecule has 0 aliphatic heterocycles. The van der Waals surface area contributed by atoms with E-state index in [9.17, 15) is 9.59 Å². The van der Waals surface area contributed by atoms with Crippen LogP contribution in [0.5, 0.6) is 0 Å². The normalized spacial score (nSPS) is 11.3. The Balaban J connectivity index is 2.94. The summed E-state index contributed by atoms with van der Waals surface area (Å²) in [7, 11) is 3.95. The minimum atomic E-state index is -0.426. The molecule has 0 N–H and O–H groups in total. The van der Waals surface area contributed by atoms with Crippen LogP contribution >= 0.6 is 0 Å². The molecule has 6 heteroatoms. The first-order chi connectivity index (χ1) is 10.2. The highest BCUT2D eigenvalue weighted by molar-refractivity contribution is 5.69. The van der Waals surface area contributed by atoms with Crippen molar-refractivity contribution >= 4 is 5.97 Å². The van der Waals surface area contributed by atoms with Crippen molar-refractivity contribution in [1.82, 2.24) is 14.8 Å². The first-order valence-corrected chi connectivity index (χ1v) is 7.67. The van der Waals surface area contributed by atoms with E-state index in [4.69, 9.17) is 4.84 Å². The molecule has 0 fully saturated rings. The molecular formula is C16H27N3O3. The van der Waals surface area contributed by atoms with Crippen molar-refractivity contribution < 1.29 is 9.63 Å². The molecule has 0 saturated carbocycles. The molecule has 1 rings (SSSR count). The van der Waals surface area contributed by atoms with Crippen LogP contribution in [0.4, 0.5) is 0 Å². The zero-order valence-electron chi connectivity index (χ0n) is 14.5. The van der Waals surface area contributed by atoms with Crippen LogP contribution in [0.25, 0.3) is 0 Å². The van der Waals surface area contributed by atoms with Gasteiger partial charge in [0.25, 0.3) is 0 Å². The average Bonchev–Trinajstić information content (AvgIpc) is 2.44. The lowest BCUT2D eigenvalue weighted by Gasteiger charge is -2.14. The molecule has 0 radical (unpaired) electrons. The number of hydrogen-bond donors (Lipinski definition) is 0. The zero-order valence-corrected chi connectivity index (χ0v) is 14.5. The number of carbonyl (C=O) groups is 1. The first-order valence-electron chi connectivity index (χ1n) is 7.67. The fourth-order valence-corrected chi connectivity index (χ4v) is 1.93. The summed E-state index contributed by atoms with van der Waals surface area (Å²) in [5, 5.41) is 4.21. The Morgan fingerprint density at radius 3 is 2.45 bits per heavy atom. The minimum absolute atomic E-state index is 0.283. The van der Waals surface area contributed by atoms with Crippen LogP contribution in [0.15, 0.2) is 4.79 Å². The number of hydrogen-bond acceptors (Lipinski definition) is 5. The van der Waals surface area contributed by atoms with E-state index in [-0.39, 0.29) is 12.0 Å². The van der Waals surface area contributed by atoms with Crippen molar-refractivity contribution in [1.29, 1.82) is 0 Å². The summed E-state index contributed by atoms with van der Waals surface area (Å²) >= 11 is 0. The summed E-state index contributed by atoms with van der Waals surface area (Å²) in [6.07, 6.45) is 1.71. The van der Waals surface area contributed by atoms with Gasteiger partial charge in [0.1, 0.15) is 0 Å². The fourth-order valence-electron chi connectivity index (χ4n) is 1.93. The van der Waals surface area contributed by atoms with Crippen molar-refractivity contribution in [3.8, 4) is 0 Å². The number of carbonyl (C=O) groups excluding carboxylic acids is 1. The number of aromatic nitrogens is 2. The maximum atomic E-state index is 12.2. The van der Waals surface area contributed by atoms with Gasteiger partial charge < -0.3 is 9.74 Å². The predicted molar refractivity (Wildman–Crippen MR) is 85.9 cm³/mol. The molecule has 0 spiro atoms. The molecule has 22 heavy (non-hydrogen) atoms. The van der Waals surface area contributed by atoms with Gasteiger partial charge in [0.05, 0.1) is 5.69 Å². The summed E-state index contributed by atoms with van der Waals surface area (Å²) in [4.78, 5) is 32.0. The third-order valence-electron chi connectivity index (χ3n) is 3.61. The Kier molecular flexibility index (Phi) is 6.74. The molecule has 1 aromatic rings. The quantitative estimate of drug-likeness (QED) is 0.761. The summed E-state index contributed by atoms with van der Waals surface area (Å²) < 4.78 is 0. The third kappa shape index (κ3) is 5.26. The molecular weight excluding hydrogens is 282 g/mol. The van der Waals surface area contributed by atoms with E-state index in [1.54, 1.807) is 6.92 Å². The van der Waals surface area contributed by atoms with Crippen molar-refractivity contribution in [2.24, 2.45) is 5.92 Å². The SMILES string of the molecule is Cc1c(CCN(C)C)nn(OC(=O)CCC(C)C)c(=O)c1C. The van der Waals surface area contributed by atoms with Crippen LogP contribution in [0.1, 0.15) is 43.5 Å². The minimum Gasteiger partial charge on any atom is -0.316 e. The molecule has 0 unspecified atom stereocenters. The largest absolute Gasteiger partial charge is 0.335 e. The fraction of sp³-hybridized carbons (Fsp3) is 0.688. The lowest BCUT2D eigenvalue weighted by molar-refractivity contribution is -0.146. The second-order valence-electron chi connectivity index (χ2n) is 6.32. The van der Waals surface area contributed by atoms with Crippen LogP contribution in [0, 0.1) is 19.8 Å². The van der Waals surface area contributed by atoms with Gasteiger partial charge in [-0.3, -0.25) is 4.79 Å². The highest BCUT2D eigenvalue weighted by Gasteiger charge is 2.14. The van der Waals surface area contributed by atoms with Crippen LogP contribution in [0.2, 0.25) is 0 Å². The van der Waals surface area contributed by atoms with Crippen LogP contribution < -0.4 is 10.4 Å². The molecule has 0 saturated heterocycles. The Morgan fingerprint density at radius 2 is 1.91 bits per heavy atom. The van der Waals surface area contributed by atoms with E-state index in [0.29, 0.717) is 17.9 Å². The Hall–Kier alpha value is -1.69. The monoisotopic (exact) mass is 309 g/mol. The topological polar surface area (TPSA) is 64.4 Å².